The zero-order valence-electron chi connectivity index (χ0n) is 14.6. The number of aromatic nitrogens is 1. The summed E-state index contributed by atoms with van der Waals surface area (Å²) in [5.41, 5.74) is 11.7. The smallest absolute Gasteiger partial charge is 0.238 e. The van der Waals surface area contributed by atoms with Crippen molar-refractivity contribution in [2.24, 2.45) is 5.73 Å². The fraction of sp³-hybridized carbons (Fsp3) is 0.200. The Morgan fingerprint density at radius 2 is 2.08 bits per heavy atom. The number of aliphatic hydroxyl groups is 1. The number of fused-ring (bicyclic) bond motifs is 1. The monoisotopic (exact) mass is 348 g/mol. The third kappa shape index (κ3) is 3.06. The second-order valence-corrected chi connectivity index (χ2v) is 6.23. The van der Waals surface area contributed by atoms with Crippen LogP contribution in [-0.4, -0.2) is 16.0 Å². The van der Waals surface area contributed by atoms with Gasteiger partial charge in [-0.25, -0.2) is 0 Å². The van der Waals surface area contributed by atoms with Crippen LogP contribution in [-0.2, 0) is 4.79 Å². The molecule has 6 heteroatoms. The Labute approximate surface area is 151 Å². The van der Waals surface area contributed by atoms with E-state index < -0.39 is 6.23 Å². The number of nitrogens with two attached hydrogens (primary N) is 1. The van der Waals surface area contributed by atoms with Crippen LogP contribution in [0.25, 0.3) is 22.0 Å². The maximum absolute atomic E-state index is 11.8. The van der Waals surface area contributed by atoms with Crippen LogP contribution < -0.4 is 11.1 Å². The number of rotatable bonds is 4. The molecule has 0 radical (unpaired) electrons. The predicted octanol–water partition coefficient (Wildman–Crippen LogP) is 3.25. The SMILES string of the molecule is Cc1c(NC(=O)CC#N)cccc1-c1ccc(C(N)O)c2[nH]cc(C)c12. The molecule has 1 heterocycles. The molecule has 5 N–H and O–H groups in total. The van der Waals surface area contributed by atoms with Crippen molar-refractivity contribution in [1.29, 1.82) is 5.26 Å². The van der Waals surface area contributed by atoms with Crippen LogP contribution in [0.15, 0.2) is 36.5 Å². The zero-order valence-corrected chi connectivity index (χ0v) is 14.6. The molecular formula is C20H20N4O2. The molecule has 2 aromatic carbocycles. The summed E-state index contributed by atoms with van der Waals surface area (Å²) < 4.78 is 0. The minimum Gasteiger partial charge on any atom is -0.374 e. The molecule has 3 rings (SSSR count). The van der Waals surface area contributed by atoms with Gasteiger partial charge in [0.15, 0.2) is 0 Å². The second kappa shape index (κ2) is 7.00. The lowest BCUT2D eigenvalue weighted by Gasteiger charge is -2.15. The molecular weight excluding hydrogens is 328 g/mol. The van der Waals surface area contributed by atoms with Gasteiger partial charge in [-0.1, -0.05) is 24.3 Å². The Morgan fingerprint density at radius 3 is 2.77 bits per heavy atom. The van der Waals surface area contributed by atoms with E-state index in [1.165, 1.54) is 0 Å². The van der Waals surface area contributed by atoms with Crippen LogP contribution in [0.5, 0.6) is 0 Å². The summed E-state index contributed by atoms with van der Waals surface area (Å²) in [6.07, 6.45) is 0.629. The van der Waals surface area contributed by atoms with E-state index in [4.69, 9.17) is 11.0 Å². The first-order valence-corrected chi connectivity index (χ1v) is 8.25. The molecule has 1 atom stereocenters. The maximum Gasteiger partial charge on any atom is 0.238 e. The number of carbonyl (C=O) groups is 1. The first-order valence-electron chi connectivity index (χ1n) is 8.25. The minimum absolute atomic E-state index is 0.187. The van der Waals surface area contributed by atoms with Crippen molar-refractivity contribution in [3.05, 3.63) is 53.2 Å². The lowest BCUT2D eigenvalue weighted by Crippen LogP contribution is -2.11. The Bertz CT molecular complexity index is 1030. The third-order valence-electron chi connectivity index (χ3n) is 4.52. The summed E-state index contributed by atoms with van der Waals surface area (Å²) in [5, 5.41) is 22.3. The number of anilines is 1. The number of nitriles is 1. The average Bonchev–Trinajstić information content (AvgIpc) is 2.98. The lowest BCUT2D eigenvalue weighted by atomic mass is 9.93. The number of hydrogen-bond donors (Lipinski definition) is 4. The largest absolute Gasteiger partial charge is 0.374 e. The van der Waals surface area contributed by atoms with Gasteiger partial charge in [0.1, 0.15) is 12.6 Å². The first kappa shape index (κ1) is 17.7. The van der Waals surface area contributed by atoms with Gasteiger partial charge in [0.2, 0.25) is 5.91 Å². The summed E-state index contributed by atoms with van der Waals surface area (Å²) in [4.78, 5) is 15.0. The summed E-state index contributed by atoms with van der Waals surface area (Å²) in [6.45, 7) is 3.92. The Kier molecular flexibility index (Phi) is 4.76. The van der Waals surface area contributed by atoms with E-state index in [1.807, 2.05) is 50.4 Å². The van der Waals surface area contributed by atoms with Gasteiger partial charge in [-0.05, 0) is 42.2 Å². The summed E-state index contributed by atoms with van der Waals surface area (Å²) in [7, 11) is 0. The molecule has 0 bridgehead atoms. The van der Waals surface area contributed by atoms with Crippen LogP contribution in [0.2, 0.25) is 0 Å². The van der Waals surface area contributed by atoms with Gasteiger partial charge in [0.05, 0.1) is 11.6 Å². The normalized spacial score (nSPS) is 12.0. The molecule has 0 aliphatic rings. The molecule has 1 aromatic heterocycles. The van der Waals surface area contributed by atoms with Gasteiger partial charge in [0.25, 0.3) is 0 Å². The van der Waals surface area contributed by atoms with E-state index >= 15 is 0 Å². The van der Waals surface area contributed by atoms with Gasteiger partial charge in [-0.15, -0.1) is 0 Å². The van der Waals surface area contributed by atoms with Crippen LogP contribution in [0, 0.1) is 25.2 Å². The van der Waals surface area contributed by atoms with E-state index in [-0.39, 0.29) is 12.3 Å². The minimum atomic E-state index is -1.07. The molecule has 1 amide bonds. The third-order valence-corrected chi connectivity index (χ3v) is 4.52. The number of benzene rings is 2. The van der Waals surface area contributed by atoms with E-state index in [1.54, 1.807) is 6.07 Å². The van der Waals surface area contributed by atoms with Crippen molar-refractivity contribution in [2.45, 2.75) is 26.5 Å². The van der Waals surface area contributed by atoms with Crippen molar-refractivity contribution in [3.8, 4) is 17.2 Å². The quantitative estimate of drug-likeness (QED) is 0.542. The van der Waals surface area contributed by atoms with Gasteiger partial charge in [-0.3, -0.25) is 4.79 Å². The van der Waals surface area contributed by atoms with E-state index in [2.05, 4.69) is 10.3 Å². The lowest BCUT2D eigenvalue weighted by molar-refractivity contribution is -0.115. The highest BCUT2D eigenvalue weighted by Gasteiger charge is 2.17. The molecule has 0 saturated heterocycles. The zero-order chi connectivity index (χ0) is 18.8. The number of nitrogens with zero attached hydrogens (tertiary/aromatic N) is 1. The molecule has 0 fully saturated rings. The molecule has 3 aromatic rings. The summed E-state index contributed by atoms with van der Waals surface area (Å²) in [6, 6.07) is 11.2. The highest BCUT2D eigenvalue weighted by Crippen LogP contribution is 2.37. The van der Waals surface area contributed by atoms with Crippen LogP contribution in [0.1, 0.15) is 29.3 Å². The van der Waals surface area contributed by atoms with E-state index in [0.29, 0.717) is 11.3 Å². The number of aliphatic hydroxyl groups excluding tert-OH is 1. The predicted molar refractivity (Wildman–Crippen MR) is 101 cm³/mol. The Hall–Kier alpha value is -3.14. The second-order valence-electron chi connectivity index (χ2n) is 6.23. The molecule has 1 unspecified atom stereocenters. The van der Waals surface area contributed by atoms with Crippen LogP contribution in [0.4, 0.5) is 5.69 Å². The molecule has 0 aliphatic carbocycles. The van der Waals surface area contributed by atoms with Gasteiger partial charge in [0, 0.05) is 22.8 Å². The Morgan fingerprint density at radius 1 is 1.31 bits per heavy atom. The van der Waals surface area contributed by atoms with Crippen molar-refractivity contribution in [1.82, 2.24) is 4.98 Å². The molecule has 0 saturated carbocycles. The standard InChI is InChI=1S/C20H20N4O2/c1-11-10-23-19-15(20(22)26)7-6-14(18(11)19)13-4-3-5-16(12(13)2)24-17(25)8-9-21/h3-7,10,20,23,26H,8,22H2,1-2H3,(H,24,25). The maximum atomic E-state index is 11.8. The van der Waals surface area contributed by atoms with Crippen molar-refractivity contribution >= 4 is 22.5 Å². The fourth-order valence-corrected chi connectivity index (χ4v) is 3.24. The Balaban J connectivity index is 2.16. The number of carbonyl (C=O) groups excluding carboxylic acids is 1. The van der Waals surface area contributed by atoms with Gasteiger partial charge >= 0.3 is 0 Å². The molecule has 132 valence electrons. The van der Waals surface area contributed by atoms with Crippen LogP contribution >= 0.6 is 0 Å². The molecule has 26 heavy (non-hydrogen) atoms. The molecule has 0 spiro atoms. The van der Waals surface area contributed by atoms with E-state index in [9.17, 15) is 9.90 Å². The van der Waals surface area contributed by atoms with Crippen LogP contribution in [0.3, 0.4) is 0 Å². The van der Waals surface area contributed by atoms with E-state index in [0.717, 1.165) is 33.2 Å². The van der Waals surface area contributed by atoms with Crippen molar-refractivity contribution in [3.63, 3.8) is 0 Å². The highest BCUT2D eigenvalue weighted by atomic mass is 16.3. The number of H-pyrrole nitrogens is 1. The number of nitrogens with one attached hydrogen (secondary N) is 2. The number of aryl methyl sites for hydroxylation is 1. The molecule has 6 nitrogen and oxygen atoms in total. The summed E-state index contributed by atoms with van der Waals surface area (Å²) >= 11 is 0. The van der Waals surface area contributed by atoms with Gasteiger partial charge in [-0.2, -0.15) is 5.26 Å². The fourth-order valence-electron chi connectivity index (χ4n) is 3.24. The highest BCUT2D eigenvalue weighted by molar-refractivity contribution is 6.01. The topological polar surface area (TPSA) is 115 Å². The number of hydrogen-bond acceptors (Lipinski definition) is 4. The first-order chi connectivity index (χ1) is 12.4. The average molecular weight is 348 g/mol. The summed E-state index contributed by atoms with van der Waals surface area (Å²) in [5.74, 6) is -0.336. The van der Waals surface area contributed by atoms with Crippen molar-refractivity contribution < 1.29 is 9.90 Å². The molecule has 0 aliphatic heterocycles. The number of amides is 1. The van der Waals surface area contributed by atoms with Crippen molar-refractivity contribution in [2.75, 3.05) is 5.32 Å². The van der Waals surface area contributed by atoms with Gasteiger partial charge < -0.3 is 21.1 Å². The number of aromatic amines is 1.